The first-order chi connectivity index (χ1) is 8.89. The van der Waals surface area contributed by atoms with Gasteiger partial charge in [-0.1, -0.05) is 38.4 Å². The molecule has 0 amide bonds. The lowest BCUT2D eigenvalue weighted by atomic mass is 9.93. The van der Waals surface area contributed by atoms with E-state index in [-0.39, 0.29) is 11.2 Å². The lowest BCUT2D eigenvalue weighted by Crippen LogP contribution is -2.38. The highest BCUT2D eigenvalue weighted by Gasteiger charge is 2.21. The third-order valence-corrected chi connectivity index (χ3v) is 3.57. The molecule has 0 aromatic heterocycles. The molecule has 3 N–H and O–H groups in total. The molecule has 0 aliphatic carbocycles. The van der Waals surface area contributed by atoms with Gasteiger partial charge in [0.25, 0.3) is 0 Å². The van der Waals surface area contributed by atoms with Crippen molar-refractivity contribution in [1.29, 1.82) is 0 Å². The molecule has 0 heterocycles. The molecule has 0 atom stereocenters. The Labute approximate surface area is 121 Å². The van der Waals surface area contributed by atoms with Gasteiger partial charge >= 0.3 is 0 Å². The first-order valence-corrected chi connectivity index (χ1v) is 7.16. The maximum Gasteiger partial charge on any atom is 0.121 e. The van der Waals surface area contributed by atoms with Crippen LogP contribution in [0.2, 0.25) is 5.02 Å². The van der Waals surface area contributed by atoms with Crippen LogP contribution in [-0.2, 0) is 6.54 Å². The summed E-state index contributed by atoms with van der Waals surface area (Å²) in [4.78, 5) is 2.30. The van der Waals surface area contributed by atoms with Crippen LogP contribution in [-0.4, -0.2) is 29.6 Å². The van der Waals surface area contributed by atoms with Crippen molar-refractivity contribution in [3.05, 3.63) is 28.8 Å². The quantitative estimate of drug-likeness (QED) is 0.808. The molecule has 3 nitrogen and oxygen atoms in total. The van der Waals surface area contributed by atoms with Crippen LogP contribution in [0.1, 0.15) is 32.8 Å². The molecule has 0 unspecified atom stereocenters. The molecule has 1 aromatic rings. The molecule has 0 radical (unpaired) electrons. The summed E-state index contributed by atoms with van der Waals surface area (Å²) in [6.07, 6.45) is 1.06. The fourth-order valence-corrected chi connectivity index (χ4v) is 2.36. The van der Waals surface area contributed by atoms with Gasteiger partial charge in [0.2, 0.25) is 0 Å². The number of benzene rings is 1. The molecule has 0 spiro atoms. The minimum absolute atomic E-state index is 0.0616. The van der Waals surface area contributed by atoms with Crippen molar-refractivity contribution in [3.8, 4) is 5.75 Å². The van der Waals surface area contributed by atoms with Crippen LogP contribution >= 0.6 is 11.6 Å². The van der Waals surface area contributed by atoms with Gasteiger partial charge in [-0.25, -0.2) is 0 Å². The maximum atomic E-state index is 9.93. The SMILES string of the molecule is CCCN(Cc1c(O)cccc1Cl)CC(C)(C)CN. The molecular formula is C15H25ClN2O. The normalized spacial score (nSPS) is 12.1. The van der Waals surface area contributed by atoms with E-state index in [1.165, 1.54) is 0 Å². The highest BCUT2D eigenvalue weighted by molar-refractivity contribution is 6.31. The number of phenolic OH excluding ortho intramolecular Hbond substituents is 1. The summed E-state index contributed by atoms with van der Waals surface area (Å²) in [7, 11) is 0. The average molecular weight is 285 g/mol. The molecule has 4 heteroatoms. The van der Waals surface area contributed by atoms with Crippen LogP contribution in [0.25, 0.3) is 0 Å². The summed E-state index contributed by atoms with van der Waals surface area (Å²) in [6, 6.07) is 5.25. The summed E-state index contributed by atoms with van der Waals surface area (Å²) in [5, 5.41) is 10.5. The van der Waals surface area contributed by atoms with Crippen molar-refractivity contribution in [2.45, 2.75) is 33.7 Å². The first-order valence-electron chi connectivity index (χ1n) is 6.78. The van der Waals surface area contributed by atoms with Crippen molar-refractivity contribution in [1.82, 2.24) is 4.90 Å². The molecule has 0 aliphatic rings. The lowest BCUT2D eigenvalue weighted by Gasteiger charge is -2.32. The van der Waals surface area contributed by atoms with E-state index in [0.717, 1.165) is 25.1 Å². The van der Waals surface area contributed by atoms with Gasteiger partial charge in [-0.2, -0.15) is 0 Å². The highest BCUT2D eigenvalue weighted by atomic mass is 35.5. The van der Waals surface area contributed by atoms with Gasteiger partial charge in [-0.15, -0.1) is 0 Å². The summed E-state index contributed by atoms with van der Waals surface area (Å²) < 4.78 is 0. The summed E-state index contributed by atoms with van der Waals surface area (Å²) >= 11 is 6.17. The zero-order chi connectivity index (χ0) is 14.5. The second-order valence-electron chi connectivity index (χ2n) is 5.82. The van der Waals surface area contributed by atoms with Gasteiger partial charge in [0.15, 0.2) is 0 Å². The number of halogens is 1. The van der Waals surface area contributed by atoms with Crippen molar-refractivity contribution < 1.29 is 5.11 Å². The number of nitrogens with zero attached hydrogens (tertiary/aromatic N) is 1. The van der Waals surface area contributed by atoms with Crippen molar-refractivity contribution in [2.75, 3.05) is 19.6 Å². The Morgan fingerprint density at radius 2 is 2.05 bits per heavy atom. The minimum atomic E-state index is 0.0616. The van der Waals surface area contributed by atoms with Gasteiger partial charge < -0.3 is 10.8 Å². The second-order valence-corrected chi connectivity index (χ2v) is 6.22. The number of phenols is 1. The van der Waals surface area contributed by atoms with Crippen LogP contribution < -0.4 is 5.73 Å². The molecule has 19 heavy (non-hydrogen) atoms. The largest absolute Gasteiger partial charge is 0.508 e. The predicted molar refractivity (Wildman–Crippen MR) is 81.5 cm³/mol. The van der Waals surface area contributed by atoms with E-state index in [0.29, 0.717) is 18.1 Å². The van der Waals surface area contributed by atoms with Crippen LogP contribution in [0.3, 0.4) is 0 Å². The van der Waals surface area contributed by atoms with Gasteiger partial charge in [-0.3, -0.25) is 4.90 Å². The van der Waals surface area contributed by atoms with Crippen LogP contribution in [0.15, 0.2) is 18.2 Å². The monoisotopic (exact) mass is 284 g/mol. The topological polar surface area (TPSA) is 49.5 Å². The number of rotatable bonds is 7. The lowest BCUT2D eigenvalue weighted by molar-refractivity contribution is 0.174. The standard InChI is InChI=1S/C15H25ClN2O/c1-4-8-18(11-15(2,3)10-17)9-12-13(16)6-5-7-14(12)19/h5-7,19H,4,8-11,17H2,1-3H3. The third kappa shape index (κ3) is 5.01. The smallest absolute Gasteiger partial charge is 0.121 e. The van der Waals surface area contributed by atoms with E-state index in [9.17, 15) is 5.11 Å². The van der Waals surface area contributed by atoms with Crippen LogP contribution in [0, 0.1) is 5.41 Å². The number of aromatic hydroxyl groups is 1. The van der Waals surface area contributed by atoms with E-state index in [2.05, 4.69) is 25.7 Å². The zero-order valence-corrected chi connectivity index (χ0v) is 12.9. The Bertz CT molecular complexity index is 387. The van der Waals surface area contributed by atoms with E-state index in [1.807, 2.05) is 6.07 Å². The number of nitrogens with two attached hydrogens (primary N) is 1. The van der Waals surface area contributed by atoms with Crippen molar-refractivity contribution >= 4 is 11.6 Å². The molecule has 0 bridgehead atoms. The fraction of sp³-hybridized carbons (Fsp3) is 0.600. The van der Waals surface area contributed by atoms with Gasteiger partial charge in [-0.05, 0) is 37.1 Å². The molecular weight excluding hydrogens is 260 g/mol. The molecule has 0 saturated carbocycles. The average Bonchev–Trinajstić information content (AvgIpc) is 2.34. The fourth-order valence-electron chi connectivity index (χ4n) is 2.13. The van der Waals surface area contributed by atoms with E-state index >= 15 is 0 Å². The second kappa shape index (κ2) is 7.13. The summed E-state index contributed by atoms with van der Waals surface area (Å²) in [5.74, 6) is 0.263. The van der Waals surface area contributed by atoms with Gasteiger partial charge in [0.05, 0.1) is 0 Å². The zero-order valence-electron chi connectivity index (χ0n) is 12.1. The Morgan fingerprint density at radius 3 is 2.58 bits per heavy atom. The number of hydrogen-bond donors (Lipinski definition) is 2. The van der Waals surface area contributed by atoms with E-state index in [4.69, 9.17) is 17.3 Å². The van der Waals surface area contributed by atoms with E-state index in [1.54, 1.807) is 12.1 Å². The van der Waals surface area contributed by atoms with Crippen LogP contribution in [0.4, 0.5) is 0 Å². The third-order valence-electron chi connectivity index (χ3n) is 3.22. The Hall–Kier alpha value is -0.770. The van der Waals surface area contributed by atoms with E-state index < -0.39 is 0 Å². The van der Waals surface area contributed by atoms with Crippen molar-refractivity contribution in [3.63, 3.8) is 0 Å². The molecule has 0 saturated heterocycles. The van der Waals surface area contributed by atoms with Gasteiger partial charge in [0.1, 0.15) is 5.75 Å². The van der Waals surface area contributed by atoms with Crippen molar-refractivity contribution in [2.24, 2.45) is 11.1 Å². The Balaban J connectivity index is 2.84. The predicted octanol–water partition coefficient (Wildman–Crippen LogP) is 3.24. The number of hydrogen-bond acceptors (Lipinski definition) is 3. The first kappa shape index (κ1) is 16.3. The Morgan fingerprint density at radius 1 is 1.37 bits per heavy atom. The van der Waals surface area contributed by atoms with Gasteiger partial charge in [0, 0.05) is 23.7 Å². The molecule has 0 aliphatic heterocycles. The highest BCUT2D eigenvalue weighted by Crippen LogP contribution is 2.27. The van der Waals surface area contributed by atoms with Crippen LogP contribution in [0.5, 0.6) is 5.75 Å². The molecule has 0 fully saturated rings. The molecule has 108 valence electrons. The summed E-state index contributed by atoms with van der Waals surface area (Å²) in [5.41, 5.74) is 6.66. The Kier molecular flexibility index (Phi) is 6.11. The molecule has 1 rings (SSSR count). The minimum Gasteiger partial charge on any atom is -0.508 e. The maximum absolute atomic E-state index is 9.93. The molecule has 1 aromatic carbocycles. The summed E-state index contributed by atoms with van der Waals surface area (Å²) in [6.45, 7) is 9.61.